The second-order valence-corrected chi connectivity index (χ2v) is 31.7. The summed E-state index contributed by atoms with van der Waals surface area (Å²) in [7, 11) is 0. The molecule has 8 aromatic rings. The van der Waals surface area contributed by atoms with Gasteiger partial charge in [0.05, 0.1) is 50.9 Å². The van der Waals surface area contributed by atoms with Gasteiger partial charge in [-0.15, -0.1) is 0 Å². The molecule has 4 amide bonds. The number of carboxylic acid groups (broad SMARTS) is 2. The highest BCUT2D eigenvalue weighted by Gasteiger charge is 2.44. The summed E-state index contributed by atoms with van der Waals surface area (Å²) < 4.78 is 72.0. The van der Waals surface area contributed by atoms with Crippen LogP contribution in [-0.4, -0.2) is 224 Å². The first kappa shape index (κ1) is 94.5. The number of fused-ring (bicyclic) bond motifs is 1. The van der Waals surface area contributed by atoms with Crippen molar-refractivity contribution >= 4 is 56.8 Å². The lowest BCUT2D eigenvalue weighted by molar-refractivity contribution is -0.142. The number of nitrogens with one attached hydrogen (secondary N) is 1. The van der Waals surface area contributed by atoms with Gasteiger partial charge in [-0.05, 0) is 199 Å². The molecular weight excluding hydrogens is 1510 g/mol. The molecule has 6 aromatic carbocycles. The van der Waals surface area contributed by atoms with Gasteiger partial charge in [0.1, 0.15) is 93.8 Å². The van der Waals surface area contributed by atoms with Crippen molar-refractivity contribution < 1.29 is 95.6 Å². The number of aromatic nitrogens is 3. The molecule has 0 saturated carbocycles. The zero-order chi connectivity index (χ0) is 84.8. The number of nitrogens with two attached hydrogens (primary N) is 1. The Morgan fingerprint density at radius 1 is 0.496 bits per heavy atom. The fraction of sp³-hybridized carbons (Fsp3) is 0.437. The van der Waals surface area contributed by atoms with E-state index >= 15 is 0 Å². The van der Waals surface area contributed by atoms with Crippen LogP contribution in [0.2, 0.25) is 0 Å². The number of imidazole rings is 1. The van der Waals surface area contributed by atoms with Gasteiger partial charge >= 0.3 is 36.3 Å². The molecule has 30 heteroatoms. The highest BCUT2D eigenvalue weighted by molar-refractivity contribution is 5.86. The monoisotopic (exact) mass is 1620 g/mol. The van der Waals surface area contributed by atoms with Crippen molar-refractivity contribution in [3.63, 3.8) is 0 Å². The van der Waals surface area contributed by atoms with Crippen molar-refractivity contribution in [1.82, 2.24) is 39.3 Å². The molecule has 12 rings (SSSR count). The van der Waals surface area contributed by atoms with E-state index in [1.807, 2.05) is 151 Å². The summed E-state index contributed by atoms with van der Waals surface area (Å²) >= 11 is 0. The van der Waals surface area contributed by atoms with E-state index in [0.29, 0.717) is 57.1 Å². The highest BCUT2D eigenvalue weighted by Crippen LogP contribution is 2.30. The number of aliphatic hydroxyl groups is 1. The summed E-state index contributed by atoms with van der Waals surface area (Å²) in [4.78, 5) is 95.8. The van der Waals surface area contributed by atoms with Gasteiger partial charge in [-0.3, -0.25) is 19.1 Å². The van der Waals surface area contributed by atoms with Crippen molar-refractivity contribution in [2.24, 2.45) is 5.73 Å². The Morgan fingerprint density at radius 3 is 1.25 bits per heavy atom. The second-order valence-electron chi connectivity index (χ2n) is 31.7. The highest BCUT2D eigenvalue weighted by atomic mass is 19.1. The lowest BCUT2D eigenvalue weighted by atomic mass is 10.1. The molecule has 0 bridgehead atoms. The maximum Gasteiger partial charge on any atom is 0.411 e. The number of aliphatic hydroxyl groups excluding tert-OH is 1. The molecule has 2 aromatic heterocycles. The first-order chi connectivity index (χ1) is 54.9. The van der Waals surface area contributed by atoms with E-state index < -0.39 is 64.7 Å². The SMILES string of the molecule is CC(C)(C)OC(=O)N1C[C@@H](Oc2ccccc2)C[C@H]1C(=O)O.CC(C)(C)OC(=O)N1C[C@@H](Oc2ccccc2)C[C@H]1C=O.CC(C)(C)OC(=O)N1C[C@@H](Oc2ccccc2)C[C@H]1CNCCc1ccc(F)cc1.CC(C)(C)OC(=O)N1C[C@@H](Oc2ccccc2)C[C@H]1CO.NCCc1ccc(F)cc1.O=C(O)c1cn2cccnc2n1.[B]. The number of rotatable bonds is 19. The van der Waals surface area contributed by atoms with Crippen LogP contribution in [0, 0.1) is 11.6 Å². The van der Waals surface area contributed by atoms with E-state index in [-0.39, 0.29) is 87.9 Å². The molecule has 3 radical (unpaired) electrons. The minimum atomic E-state index is -1.05. The van der Waals surface area contributed by atoms with E-state index in [9.17, 15) is 52.6 Å². The first-order valence-electron chi connectivity index (χ1n) is 38.5. The van der Waals surface area contributed by atoms with Crippen LogP contribution in [0.1, 0.15) is 130 Å². The molecule has 6 N–H and O–H groups in total. The zero-order valence-electron chi connectivity index (χ0n) is 68.6. The topological polar surface area (TPSA) is 335 Å². The molecule has 4 aliphatic rings. The third-order valence-corrected chi connectivity index (χ3v) is 17.4. The number of aldehydes is 1. The molecule has 27 nitrogen and oxygen atoms in total. The number of aromatic carboxylic acids is 1. The maximum absolute atomic E-state index is 13.0. The standard InChI is InChI=1S/C24H31FN2O3.C16H21NO5.C16H23NO4.C16H21NO4.C8H10FN.C7H5N3O2.B/c1-24(2,3)30-23(28)27-17-22(29-21-7-5-4-6-8-21)15-20(27)16-26-14-13-18-9-11-19(25)12-10-18;1-16(2,3)22-15(20)17-10-12(9-13(17)14(18)19)21-11-7-5-4-6-8-11;2*1-16(2,3)21-15(19)17-10-14(9-12(17)11-18)20-13-7-5-4-6-8-13;9-8-3-1-7(2-4-8)5-6-10;11-6(12)5-4-10-3-1-2-8-7(10)9-5;/h4-12,20,22,26H,13-17H2,1-3H3;4-8,12-13H,9-10H2,1-3H3,(H,18,19);4-8,12,14,18H,9-11H2,1-3H3;4-8,11-12,14H,9-10H2,1-3H3;1-4H,5-6,10H2;1-4H,(H,11,12);/t20-,22-;12-,13-;2*12-,14-;;;/m0000.../s1. The van der Waals surface area contributed by atoms with E-state index in [0.717, 1.165) is 60.5 Å². The predicted molar refractivity (Wildman–Crippen MR) is 437 cm³/mol. The minimum Gasteiger partial charge on any atom is -0.489 e. The van der Waals surface area contributed by atoms with Crippen molar-refractivity contribution in [1.29, 1.82) is 0 Å². The Hall–Kier alpha value is -11.4. The van der Waals surface area contributed by atoms with E-state index in [2.05, 4.69) is 15.3 Å². The normalized spacial score (nSPS) is 18.7. The zero-order valence-corrected chi connectivity index (χ0v) is 68.6. The molecule has 8 atom stereocenters. The number of carbonyl (C=O) groups is 7. The van der Waals surface area contributed by atoms with E-state index in [4.69, 9.17) is 48.7 Å². The van der Waals surface area contributed by atoms with Gasteiger partial charge in [-0.25, -0.2) is 47.5 Å². The van der Waals surface area contributed by atoms with Crippen LogP contribution < -0.4 is 30.0 Å². The first-order valence-corrected chi connectivity index (χ1v) is 38.5. The lowest BCUT2D eigenvalue weighted by Crippen LogP contribution is -2.44. The van der Waals surface area contributed by atoms with Crippen LogP contribution in [0.4, 0.5) is 28.0 Å². The number of likely N-dealkylation sites (tertiary alicyclic amines) is 4. The number of hydrogen-bond acceptors (Lipinski definition) is 20. The smallest absolute Gasteiger partial charge is 0.411 e. The van der Waals surface area contributed by atoms with Gasteiger partial charge in [-0.2, -0.15) is 0 Å². The number of nitrogens with zero attached hydrogens (tertiary/aromatic N) is 7. The number of halogens is 2. The van der Waals surface area contributed by atoms with E-state index in [1.165, 1.54) is 40.3 Å². The Morgan fingerprint density at radius 2 is 0.863 bits per heavy atom. The molecule has 4 fully saturated rings. The van der Waals surface area contributed by atoms with Crippen LogP contribution in [0.25, 0.3) is 5.78 Å². The minimum absolute atomic E-state index is 0. The summed E-state index contributed by atoms with van der Waals surface area (Å²) in [5, 5.41) is 30.8. The maximum atomic E-state index is 13.0. The quantitative estimate of drug-likeness (QED) is 0.0217. The van der Waals surface area contributed by atoms with Gasteiger partial charge in [0.25, 0.3) is 0 Å². The summed E-state index contributed by atoms with van der Waals surface area (Å²) in [6, 6.07) is 50.6. The number of amides is 4. The predicted octanol–water partition coefficient (Wildman–Crippen LogP) is 13.4. The Labute approximate surface area is 685 Å². The second kappa shape index (κ2) is 45.2. The average molecular weight is 1620 g/mol. The third kappa shape index (κ3) is 33.4. The molecule has 6 heterocycles. The lowest BCUT2D eigenvalue weighted by Gasteiger charge is -2.28. The average Bonchev–Trinajstić information content (AvgIpc) is 1.74. The van der Waals surface area contributed by atoms with Crippen LogP contribution in [0.15, 0.2) is 195 Å². The van der Waals surface area contributed by atoms with Gasteiger partial charge in [0.15, 0.2) is 5.69 Å². The number of carbonyl (C=O) groups excluding carboxylic acids is 5. The largest absolute Gasteiger partial charge is 0.489 e. The van der Waals surface area contributed by atoms with Gasteiger partial charge in [0.2, 0.25) is 5.78 Å². The van der Waals surface area contributed by atoms with Gasteiger partial charge < -0.3 is 74.0 Å². The van der Waals surface area contributed by atoms with Crippen molar-refractivity contribution in [2.45, 2.75) is 193 Å². The summed E-state index contributed by atoms with van der Waals surface area (Å²) in [6.07, 6.45) is 6.55. The van der Waals surface area contributed by atoms with Crippen LogP contribution in [-0.2, 0) is 41.4 Å². The van der Waals surface area contributed by atoms with Crippen molar-refractivity contribution in [3.8, 4) is 23.0 Å². The molecule has 4 saturated heterocycles. The van der Waals surface area contributed by atoms with Gasteiger partial charge in [0, 0.05) is 59.2 Å². The summed E-state index contributed by atoms with van der Waals surface area (Å²) in [5.74, 6) is 0.846. The number of aliphatic carboxylic acids is 1. The number of carboxylic acids is 2. The summed E-state index contributed by atoms with van der Waals surface area (Å²) in [6.45, 7) is 25.1. The Balaban J connectivity index is 0.000000224. The van der Waals surface area contributed by atoms with E-state index in [1.54, 1.807) is 111 Å². The molecule has 0 spiro atoms. The molecule has 0 unspecified atom stereocenters. The third-order valence-electron chi connectivity index (χ3n) is 17.4. The Bertz CT molecular complexity index is 4310. The van der Waals surface area contributed by atoms with Crippen LogP contribution in [0.3, 0.4) is 0 Å². The number of para-hydroxylation sites is 4. The molecular formula is C87H111BF2N9O18. The molecule has 117 heavy (non-hydrogen) atoms. The van der Waals surface area contributed by atoms with Crippen LogP contribution >= 0.6 is 0 Å². The fourth-order valence-corrected chi connectivity index (χ4v) is 12.3. The fourth-order valence-electron chi connectivity index (χ4n) is 12.3. The number of benzene rings is 6. The molecule has 629 valence electrons. The Kier molecular flexibility index (Phi) is 36.5. The molecule has 0 aliphatic carbocycles. The number of ether oxygens (including phenoxy) is 8. The molecule has 4 aliphatic heterocycles. The van der Waals surface area contributed by atoms with Gasteiger partial charge in [-0.1, -0.05) is 97.1 Å². The number of hydrogen-bond donors (Lipinski definition) is 5. The van der Waals surface area contributed by atoms with Crippen molar-refractivity contribution in [3.05, 3.63) is 223 Å². The van der Waals surface area contributed by atoms with Crippen LogP contribution in [0.5, 0.6) is 23.0 Å². The summed E-state index contributed by atoms with van der Waals surface area (Å²) in [5.41, 5.74) is 5.13. The van der Waals surface area contributed by atoms with Crippen molar-refractivity contribution in [2.75, 3.05) is 52.4 Å².